The van der Waals surface area contributed by atoms with Crippen molar-refractivity contribution >= 4 is 40.5 Å². The van der Waals surface area contributed by atoms with Crippen LogP contribution in [0, 0.1) is 12.8 Å². The molecule has 2 aromatic rings. The van der Waals surface area contributed by atoms with Gasteiger partial charge in [0.1, 0.15) is 0 Å². The fourth-order valence-electron chi connectivity index (χ4n) is 2.70. The number of nitrogens with one attached hydrogen (secondary N) is 1. The van der Waals surface area contributed by atoms with E-state index < -0.39 is 0 Å². The average molecular weight is 360 g/mol. The molecule has 4 nitrogen and oxygen atoms in total. The van der Waals surface area contributed by atoms with Crippen molar-refractivity contribution in [1.82, 2.24) is 5.43 Å². The van der Waals surface area contributed by atoms with Crippen molar-refractivity contribution in [2.45, 2.75) is 19.3 Å². The van der Waals surface area contributed by atoms with E-state index >= 15 is 0 Å². The van der Waals surface area contributed by atoms with E-state index in [4.69, 9.17) is 29.6 Å². The molecular formula is C18H18ClN3OS. The number of benzene rings is 2. The Bertz CT molecular complexity index is 761. The molecule has 2 atom stereocenters. The van der Waals surface area contributed by atoms with E-state index in [1.165, 1.54) is 16.1 Å². The first-order valence-corrected chi connectivity index (χ1v) is 8.46. The summed E-state index contributed by atoms with van der Waals surface area (Å²) in [6.07, 6.45) is 0.834. The average Bonchev–Trinajstić information content (AvgIpc) is 3.34. The predicted octanol–water partition coefficient (Wildman–Crippen LogP) is 3.53. The standard InChI is InChI=1S/C18H18ClN3OS/c1-11-2-4-12(5-3-11)15-10-16(15)17(23)21-22(18(20)24)14-8-6-13(19)7-9-14/h2-9,15-16H,10H2,1H3,(H2,20,24)(H,21,23). The van der Waals surface area contributed by atoms with Crippen LogP contribution in [0.1, 0.15) is 23.5 Å². The van der Waals surface area contributed by atoms with Crippen molar-refractivity contribution in [3.63, 3.8) is 0 Å². The molecule has 1 saturated carbocycles. The molecular weight excluding hydrogens is 342 g/mol. The zero-order valence-electron chi connectivity index (χ0n) is 13.2. The predicted molar refractivity (Wildman–Crippen MR) is 101 cm³/mol. The number of aryl methyl sites for hydroxylation is 1. The van der Waals surface area contributed by atoms with Crippen LogP contribution in [0.2, 0.25) is 5.02 Å². The van der Waals surface area contributed by atoms with Crippen LogP contribution in [0.15, 0.2) is 48.5 Å². The number of carbonyl (C=O) groups excluding carboxylic acids is 1. The maximum absolute atomic E-state index is 12.5. The van der Waals surface area contributed by atoms with Gasteiger partial charge in [-0.2, -0.15) is 0 Å². The Balaban J connectivity index is 1.68. The molecule has 24 heavy (non-hydrogen) atoms. The summed E-state index contributed by atoms with van der Waals surface area (Å²) in [5.74, 6) is 0.115. The van der Waals surface area contributed by atoms with E-state index in [1.54, 1.807) is 24.3 Å². The molecule has 0 saturated heterocycles. The first-order chi connectivity index (χ1) is 11.5. The molecule has 6 heteroatoms. The van der Waals surface area contributed by atoms with Gasteiger partial charge in [0, 0.05) is 10.9 Å². The Morgan fingerprint density at radius 3 is 2.42 bits per heavy atom. The van der Waals surface area contributed by atoms with E-state index in [1.807, 2.05) is 6.92 Å². The van der Waals surface area contributed by atoms with Crippen LogP contribution >= 0.6 is 23.8 Å². The lowest BCUT2D eigenvalue weighted by Crippen LogP contribution is -2.49. The molecule has 1 amide bonds. The first-order valence-electron chi connectivity index (χ1n) is 7.68. The Hall–Kier alpha value is -2.11. The highest BCUT2D eigenvalue weighted by Gasteiger charge is 2.44. The molecule has 1 fully saturated rings. The van der Waals surface area contributed by atoms with Gasteiger partial charge in [-0.1, -0.05) is 41.4 Å². The Labute approximate surface area is 151 Å². The van der Waals surface area contributed by atoms with E-state index in [-0.39, 0.29) is 22.9 Å². The van der Waals surface area contributed by atoms with Gasteiger partial charge in [0.15, 0.2) is 5.11 Å². The lowest BCUT2D eigenvalue weighted by molar-refractivity contribution is -0.122. The summed E-state index contributed by atoms with van der Waals surface area (Å²) >= 11 is 10.9. The molecule has 0 aromatic heterocycles. The molecule has 0 heterocycles. The second-order valence-electron chi connectivity index (χ2n) is 5.99. The van der Waals surface area contributed by atoms with Gasteiger partial charge in [0.05, 0.1) is 5.69 Å². The van der Waals surface area contributed by atoms with Gasteiger partial charge in [-0.15, -0.1) is 0 Å². The van der Waals surface area contributed by atoms with Gasteiger partial charge in [-0.05, 0) is 61.3 Å². The van der Waals surface area contributed by atoms with Crippen molar-refractivity contribution in [1.29, 1.82) is 0 Å². The zero-order chi connectivity index (χ0) is 17.3. The Kier molecular flexibility index (Phi) is 4.73. The summed E-state index contributed by atoms with van der Waals surface area (Å²) in [4.78, 5) is 12.5. The van der Waals surface area contributed by atoms with E-state index in [9.17, 15) is 4.79 Å². The third-order valence-corrected chi connectivity index (χ3v) is 4.59. The molecule has 2 aromatic carbocycles. The number of halogens is 1. The van der Waals surface area contributed by atoms with Crippen LogP contribution in [0.4, 0.5) is 5.69 Å². The number of hydrogen-bond donors (Lipinski definition) is 2. The van der Waals surface area contributed by atoms with Crippen molar-refractivity contribution in [2.75, 3.05) is 5.01 Å². The number of rotatable bonds is 3. The third-order valence-electron chi connectivity index (χ3n) is 4.16. The molecule has 0 bridgehead atoms. The van der Waals surface area contributed by atoms with Crippen LogP contribution in [-0.4, -0.2) is 11.0 Å². The van der Waals surface area contributed by atoms with E-state index in [2.05, 4.69) is 29.7 Å². The minimum absolute atomic E-state index is 0.0585. The Morgan fingerprint density at radius 1 is 1.21 bits per heavy atom. The van der Waals surface area contributed by atoms with Gasteiger partial charge in [0.2, 0.25) is 5.91 Å². The molecule has 3 N–H and O–H groups in total. The maximum Gasteiger partial charge on any atom is 0.242 e. The van der Waals surface area contributed by atoms with Crippen molar-refractivity contribution in [2.24, 2.45) is 11.7 Å². The minimum atomic E-state index is -0.0803. The number of anilines is 1. The number of nitrogens with two attached hydrogens (primary N) is 1. The SMILES string of the molecule is Cc1ccc(C2CC2C(=O)NN(C(N)=S)c2ccc(Cl)cc2)cc1. The van der Waals surface area contributed by atoms with Crippen LogP contribution in [0.25, 0.3) is 0 Å². The summed E-state index contributed by atoms with van der Waals surface area (Å²) in [5, 5.41) is 2.10. The van der Waals surface area contributed by atoms with Gasteiger partial charge in [-0.3, -0.25) is 10.2 Å². The van der Waals surface area contributed by atoms with Crippen molar-refractivity contribution in [3.05, 3.63) is 64.7 Å². The van der Waals surface area contributed by atoms with Gasteiger partial charge in [-0.25, -0.2) is 5.01 Å². The summed E-state index contributed by atoms with van der Waals surface area (Å²) in [5.41, 5.74) is 11.6. The highest BCUT2D eigenvalue weighted by Crippen LogP contribution is 2.47. The first kappa shape index (κ1) is 16.7. The lowest BCUT2D eigenvalue weighted by atomic mass is 10.1. The lowest BCUT2D eigenvalue weighted by Gasteiger charge is -2.23. The largest absolute Gasteiger partial charge is 0.374 e. The number of hydrazine groups is 1. The highest BCUT2D eigenvalue weighted by molar-refractivity contribution is 7.80. The normalized spacial score (nSPS) is 18.8. The topological polar surface area (TPSA) is 58.4 Å². The molecule has 3 rings (SSSR count). The van der Waals surface area contributed by atoms with E-state index in [0.29, 0.717) is 10.7 Å². The monoisotopic (exact) mass is 359 g/mol. The molecule has 1 aliphatic rings. The van der Waals surface area contributed by atoms with Crippen LogP contribution < -0.4 is 16.2 Å². The molecule has 2 unspecified atom stereocenters. The number of thiocarbonyl (C=S) groups is 1. The molecule has 124 valence electrons. The number of nitrogens with zero attached hydrogens (tertiary/aromatic N) is 1. The highest BCUT2D eigenvalue weighted by atomic mass is 35.5. The number of amides is 1. The summed E-state index contributed by atoms with van der Waals surface area (Å²) in [7, 11) is 0. The second-order valence-corrected chi connectivity index (χ2v) is 6.84. The number of hydrogen-bond acceptors (Lipinski definition) is 2. The summed E-state index contributed by atoms with van der Waals surface area (Å²) in [6, 6.07) is 15.3. The van der Waals surface area contributed by atoms with E-state index in [0.717, 1.165) is 6.42 Å². The fraction of sp³-hybridized carbons (Fsp3) is 0.222. The van der Waals surface area contributed by atoms with Gasteiger partial charge in [0.25, 0.3) is 0 Å². The maximum atomic E-state index is 12.5. The van der Waals surface area contributed by atoms with Crippen LogP contribution in [0.3, 0.4) is 0 Å². The van der Waals surface area contributed by atoms with Crippen LogP contribution in [0.5, 0.6) is 0 Å². The number of carbonyl (C=O) groups is 1. The van der Waals surface area contributed by atoms with Crippen molar-refractivity contribution in [3.8, 4) is 0 Å². The molecule has 0 spiro atoms. The molecule has 0 radical (unpaired) electrons. The molecule has 0 aliphatic heterocycles. The quantitative estimate of drug-likeness (QED) is 0.650. The van der Waals surface area contributed by atoms with Crippen LogP contribution in [-0.2, 0) is 4.79 Å². The molecule has 1 aliphatic carbocycles. The zero-order valence-corrected chi connectivity index (χ0v) is 14.8. The summed E-state index contributed by atoms with van der Waals surface area (Å²) in [6.45, 7) is 2.05. The van der Waals surface area contributed by atoms with Gasteiger partial charge >= 0.3 is 0 Å². The minimum Gasteiger partial charge on any atom is -0.374 e. The van der Waals surface area contributed by atoms with Gasteiger partial charge < -0.3 is 5.73 Å². The van der Waals surface area contributed by atoms with Crippen molar-refractivity contribution < 1.29 is 4.79 Å². The smallest absolute Gasteiger partial charge is 0.242 e. The third kappa shape index (κ3) is 3.68. The fourth-order valence-corrected chi connectivity index (χ4v) is 2.97. The Morgan fingerprint density at radius 2 is 1.83 bits per heavy atom. The second kappa shape index (κ2) is 6.79. The summed E-state index contributed by atoms with van der Waals surface area (Å²) < 4.78 is 0.